The highest BCUT2D eigenvalue weighted by molar-refractivity contribution is 7.19. The molecule has 0 saturated heterocycles. The molecule has 3 aromatic rings. The van der Waals surface area contributed by atoms with Crippen molar-refractivity contribution >= 4 is 39.0 Å². The summed E-state index contributed by atoms with van der Waals surface area (Å²) in [5.41, 5.74) is 2.59. The van der Waals surface area contributed by atoms with Crippen molar-refractivity contribution in [2.75, 3.05) is 26.0 Å². The lowest BCUT2D eigenvalue weighted by molar-refractivity contribution is 0.312. The van der Waals surface area contributed by atoms with Crippen LogP contribution in [0.5, 0.6) is 0 Å². The van der Waals surface area contributed by atoms with E-state index in [0.717, 1.165) is 34.2 Å². The molecular weight excluding hydrogens is 364 g/mol. The molecule has 4 rings (SSSR count). The zero-order valence-corrected chi connectivity index (χ0v) is 16.7. The zero-order chi connectivity index (χ0) is 18.1. The van der Waals surface area contributed by atoms with E-state index in [1.165, 1.54) is 35.1 Å². The number of likely N-dealkylation sites (N-methyl/N-ethyl adjacent to an activating group) is 1. The van der Waals surface area contributed by atoms with Crippen molar-refractivity contribution in [2.45, 2.75) is 31.7 Å². The number of hydrogen-bond donors (Lipinski definition) is 1. The molecule has 4 nitrogen and oxygen atoms in total. The van der Waals surface area contributed by atoms with E-state index in [9.17, 15) is 0 Å². The van der Waals surface area contributed by atoms with E-state index >= 15 is 0 Å². The monoisotopic (exact) mass is 386 g/mol. The first-order valence-electron chi connectivity index (χ1n) is 9.05. The molecule has 6 heteroatoms. The number of halogens is 1. The lowest BCUT2D eigenvalue weighted by Crippen LogP contribution is -2.27. The minimum atomic E-state index is 0.170. The molecule has 0 unspecified atom stereocenters. The third-order valence-corrected chi connectivity index (χ3v) is 6.65. The van der Waals surface area contributed by atoms with Crippen LogP contribution in [0.4, 0.5) is 5.82 Å². The number of fused-ring (bicyclic) bond motifs is 3. The second kappa shape index (κ2) is 7.51. The van der Waals surface area contributed by atoms with E-state index in [0.29, 0.717) is 0 Å². The average Bonchev–Trinajstić information content (AvgIpc) is 3.02. The van der Waals surface area contributed by atoms with E-state index in [2.05, 4.69) is 40.3 Å². The predicted octanol–water partition coefficient (Wildman–Crippen LogP) is 4.94. The van der Waals surface area contributed by atoms with E-state index in [1.54, 1.807) is 6.33 Å². The van der Waals surface area contributed by atoms with E-state index in [4.69, 9.17) is 11.6 Å². The van der Waals surface area contributed by atoms with Gasteiger partial charge in [0, 0.05) is 16.4 Å². The Morgan fingerprint density at radius 2 is 2.00 bits per heavy atom. The fraction of sp³-hybridized carbons (Fsp3) is 0.400. The van der Waals surface area contributed by atoms with Gasteiger partial charge in [0.25, 0.3) is 0 Å². The van der Waals surface area contributed by atoms with E-state index in [-0.39, 0.29) is 6.04 Å². The molecule has 1 aromatic carbocycles. The lowest BCUT2D eigenvalue weighted by Gasteiger charge is -2.26. The first kappa shape index (κ1) is 17.7. The van der Waals surface area contributed by atoms with Crippen molar-refractivity contribution in [1.82, 2.24) is 14.9 Å². The quantitative estimate of drug-likeness (QED) is 0.674. The summed E-state index contributed by atoms with van der Waals surface area (Å²) in [5, 5.41) is 5.61. The minimum Gasteiger partial charge on any atom is -0.367 e. The van der Waals surface area contributed by atoms with Gasteiger partial charge >= 0.3 is 0 Å². The van der Waals surface area contributed by atoms with Crippen LogP contribution in [0.2, 0.25) is 5.02 Å². The van der Waals surface area contributed by atoms with Gasteiger partial charge in [0.15, 0.2) is 0 Å². The molecule has 0 bridgehead atoms. The van der Waals surface area contributed by atoms with Crippen LogP contribution >= 0.6 is 22.9 Å². The van der Waals surface area contributed by atoms with Crippen molar-refractivity contribution in [3.05, 3.63) is 51.6 Å². The van der Waals surface area contributed by atoms with Crippen LogP contribution in [-0.2, 0) is 12.8 Å². The van der Waals surface area contributed by atoms with Crippen LogP contribution in [-0.4, -0.2) is 35.5 Å². The highest BCUT2D eigenvalue weighted by Crippen LogP contribution is 2.38. The smallest absolute Gasteiger partial charge is 0.138 e. The van der Waals surface area contributed by atoms with Crippen LogP contribution in [0.1, 0.15) is 34.9 Å². The number of nitrogens with zero attached hydrogens (tertiary/aromatic N) is 3. The SMILES string of the molecule is CN(C)[C@H](CNc1ncnc2sc3c(c12)CCCC3)c1ccccc1Cl. The van der Waals surface area contributed by atoms with Gasteiger partial charge in [-0.3, -0.25) is 0 Å². The topological polar surface area (TPSA) is 41.0 Å². The maximum Gasteiger partial charge on any atom is 0.138 e. The van der Waals surface area contributed by atoms with Crippen molar-refractivity contribution in [1.29, 1.82) is 0 Å². The summed E-state index contributed by atoms with van der Waals surface area (Å²) in [7, 11) is 4.16. The van der Waals surface area contributed by atoms with Crippen LogP contribution in [0, 0.1) is 0 Å². The number of rotatable bonds is 5. The van der Waals surface area contributed by atoms with Crippen molar-refractivity contribution < 1.29 is 0 Å². The van der Waals surface area contributed by atoms with Gasteiger partial charge in [0.2, 0.25) is 0 Å². The molecule has 136 valence electrons. The number of aryl methyl sites for hydroxylation is 2. The Balaban J connectivity index is 1.64. The fourth-order valence-corrected chi connectivity index (χ4v) is 5.22. The van der Waals surface area contributed by atoms with Crippen LogP contribution in [0.15, 0.2) is 30.6 Å². The number of hydrogen-bond acceptors (Lipinski definition) is 5. The fourth-order valence-electron chi connectivity index (χ4n) is 3.73. The van der Waals surface area contributed by atoms with Gasteiger partial charge in [0.1, 0.15) is 17.0 Å². The molecule has 0 radical (unpaired) electrons. The third-order valence-electron chi connectivity index (χ3n) is 5.10. The molecule has 0 fully saturated rings. The Labute approximate surface area is 163 Å². The lowest BCUT2D eigenvalue weighted by atomic mass is 9.97. The molecule has 0 amide bonds. The molecule has 1 aliphatic rings. The summed E-state index contributed by atoms with van der Waals surface area (Å²) >= 11 is 8.27. The summed E-state index contributed by atoms with van der Waals surface area (Å²) in [5.74, 6) is 0.952. The van der Waals surface area contributed by atoms with E-state index in [1.807, 2.05) is 29.5 Å². The average molecular weight is 387 g/mol. The maximum atomic E-state index is 6.44. The standard InChI is InChI=1S/C20H23ClN4S/c1-25(2)16(13-7-3-5-9-15(13)21)11-22-19-18-14-8-4-6-10-17(14)26-20(18)24-12-23-19/h3,5,7,9,12,16H,4,6,8,10-11H2,1-2H3,(H,22,23,24)/t16-/m1/s1. The van der Waals surface area contributed by atoms with Crippen molar-refractivity contribution in [2.24, 2.45) is 0 Å². The van der Waals surface area contributed by atoms with Gasteiger partial charge < -0.3 is 10.2 Å². The normalized spacial score (nSPS) is 15.2. The summed E-state index contributed by atoms with van der Waals surface area (Å²) < 4.78 is 0. The first-order chi connectivity index (χ1) is 12.6. The van der Waals surface area contributed by atoms with Crippen LogP contribution < -0.4 is 5.32 Å². The highest BCUT2D eigenvalue weighted by atomic mass is 35.5. The van der Waals surface area contributed by atoms with Gasteiger partial charge in [-0.15, -0.1) is 11.3 Å². The minimum absolute atomic E-state index is 0.170. The van der Waals surface area contributed by atoms with Crippen molar-refractivity contribution in [3.8, 4) is 0 Å². The number of benzene rings is 1. The van der Waals surface area contributed by atoms with Crippen molar-refractivity contribution in [3.63, 3.8) is 0 Å². The number of aromatic nitrogens is 2. The number of anilines is 1. The van der Waals surface area contributed by atoms with Gasteiger partial charge in [-0.2, -0.15) is 0 Å². The van der Waals surface area contributed by atoms with Crippen LogP contribution in [0.3, 0.4) is 0 Å². The van der Waals surface area contributed by atoms with Crippen LogP contribution in [0.25, 0.3) is 10.2 Å². The predicted molar refractivity (Wildman–Crippen MR) is 110 cm³/mol. The first-order valence-corrected chi connectivity index (χ1v) is 10.2. The Morgan fingerprint density at radius 1 is 1.19 bits per heavy atom. The second-order valence-corrected chi connectivity index (χ2v) is 8.49. The molecule has 1 aliphatic carbocycles. The summed E-state index contributed by atoms with van der Waals surface area (Å²) in [6.45, 7) is 0.744. The molecule has 0 spiro atoms. The molecule has 0 aliphatic heterocycles. The molecular formula is C20H23ClN4S. The molecule has 1 N–H and O–H groups in total. The molecule has 26 heavy (non-hydrogen) atoms. The zero-order valence-electron chi connectivity index (χ0n) is 15.1. The summed E-state index contributed by atoms with van der Waals surface area (Å²) in [6.07, 6.45) is 6.53. The Bertz CT molecular complexity index is 921. The van der Waals surface area contributed by atoms with Gasteiger partial charge in [0.05, 0.1) is 11.4 Å². The summed E-state index contributed by atoms with van der Waals surface area (Å²) in [4.78, 5) is 13.9. The Hall–Kier alpha value is -1.69. The highest BCUT2D eigenvalue weighted by Gasteiger charge is 2.21. The number of thiophene rings is 1. The third kappa shape index (κ3) is 3.31. The largest absolute Gasteiger partial charge is 0.367 e. The second-order valence-electron chi connectivity index (χ2n) is 7.00. The summed E-state index contributed by atoms with van der Waals surface area (Å²) in [6, 6.07) is 8.22. The molecule has 2 heterocycles. The number of nitrogens with one attached hydrogen (secondary N) is 1. The maximum absolute atomic E-state index is 6.44. The Kier molecular flexibility index (Phi) is 5.11. The molecule has 1 atom stereocenters. The van der Waals surface area contributed by atoms with E-state index < -0.39 is 0 Å². The van der Waals surface area contributed by atoms with Gasteiger partial charge in [-0.05, 0) is 57.0 Å². The molecule has 0 saturated carbocycles. The molecule has 2 aromatic heterocycles. The van der Waals surface area contributed by atoms with Gasteiger partial charge in [-0.1, -0.05) is 29.8 Å². The van der Waals surface area contributed by atoms with Gasteiger partial charge in [-0.25, -0.2) is 9.97 Å². The Morgan fingerprint density at radius 3 is 2.81 bits per heavy atom.